The van der Waals surface area contributed by atoms with Gasteiger partial charge in [-0.3, -0.25) is 9.59 Å². The van der Waals surface area contributed by atoms with Gasteiger partial charge in [0.1, 0.15) is 6.10 Å². The lowest BCUT2D eigenvalue weighted by Gasteiger charge is -2.23. The zero-order chi connectivity index (χ0) is 37.8. The molecule has 0 heterocycles. The summed E-state index contributed by atoms with van der Waals surface area (Å²) in [5.74, 6) is 0.00494. The fraction of sp³-hybridized carbons (Fsp3) is 0.957. The van der Waals surface area contributed by atoms with Gasteiger partial charge < -0.3 is 19.5 Å². The van der Waals surface area contributed by atoms with Crippen LogP contribution in [-0.4, -0.2) is 60.9 Å². The molecule has 6 nitrogen and oxygen atoms in total. The van der Waals surface area contributed by atoms with E-state index in [4.69, 9.17) is 9.47 Å². The number of carbonyl (C=O) groups is 2. The number of esters is 2. The average molecular weight is 736 g/mol. The molecule has 0 aromatic heterocycles. The second-order valence-electron chi connectivity index (χ2n) is 16.6. The molecule has 6 heteroatoms. The van der Waals surface area contributed by atoms with Crippen molar-refractivity contribution in [3.05, 3.63) is 0 Å². The van der Waals surface area contributed by atoms with Gasteiger partial charge in [-0.2, -0.15) is 0 Å². The zero-order valence-electron chi connectivity index (χ0n) is 35.2. The Morgan fingerprint density at radius 1 is 0.538 bits per heavy atom. The van der Waals surface area contributed by atoms with Crippen LogP contribution in [0.15, 0.2) is 0 Å². The minimum atomic E-state index is -0.0280. The van der Waals surface area contributed by atoms with E-state index in [-0.39, 0.29) is 24.6 Å². The Morgan fingerprint density at radius 2 is 1.00 bits per heavy atom. The highest BCUT2D eigenvalue weighted by Crippen LogP contribution is 2.53. The molecule has 0 bridgehead atoms. The molecule has 0 saturated heterocycles. The van der Waals surface area contributed by atoms with E-state index in [0.29, 0.717) is 24.9 Å². The molecule has 0 aromatic rings. The van der Waals surface area contributed by atoms with Crippen LogP contribution in [0, 0.1) is 5.41 Å². The first-order valence-corrected chi connectivity index (χ1v) is 23.2. The molecular formula is C46H89NO5. The number of rotatable bonds is 41. The fourth-order valence-corrected chi connectivity index (χ4v) is 7.83. The van der Waals surface area contributed by atoms with Gasteiger partial charge in [0.05, 0.1) is 13.2 Å². The molecular weight excluding hydrogens is 647 g/mol. The summed E-state index contributed by atoms with van der Waals surface area (Å²) < 4.78 is 11.5. The summed E-state index contributed by atoms with van der Waals surface area (Å²) >= 11 is 0. The van der Waals surface area contributed by atoms with Gasteiger partial charge in [0.2, 0.25) is 0 Å². The van der Waals surface area contributed by atoms with Crippen molar-refractivity contribution >= 4 is 11.9 Å². The highest BCUT2D eigenvalue weighted by Gasteiger charge is 2.41. The van der Waals surface area contributed by atoms with Crippen LogP contribution in [0.1, 0.15) is 239 Å². The van der Waals surface area contributed by atoms with Crippen LogP contribution >= 0.6 is 0 Å². The van der Waals surface area contributed by atoms with Crippen LogP contribution in [0.5, 0.6) is 0 Å². The Bertz CT molecular complexity index is 784. The van der Waals surface area contributed by atoms with E-state index in [1.807, 2.05) is 0 Å². The Labute approximate surface area is 323 Å². The summed E-state index contributed by atoms with van der Waals surface area (Å²) in [6.07, 6.45) is 40.0. The number of unbranched alkanes of at least 4 members (excludes halogenated alkanes) is 20. The molecule has 1 fully saturated rings. The maximum Gasteiger partial charge on any atom is 0.306 e. The predicted octanol–water partition coefficient (Wildman–Crippen LogP) is 13.1. The van der Waals surface area contributed by atoms with Crippen LogP contribution in [0.2, 0.25) is 0 Å². The van der Waals surface area contributed by atoms with Gasteiger partial charge in [-0.05, 0) is 102 Å². The Balaban J connectivity index is 2.19. The van der Waals surface area contributed by atoms with Crippen molar-refractivity contribution in [2.45, 2.75) is 245 Å². The molecule has 0 aliphatic heterocycles. The van der Waals surface area contributed by atoms with Crippen molar-refractivity contribution in [1.82, 2.24) is 4.90 Å². The molecule has 1 aliphatic rings. The molecule has 1 rings (SSSR count). The van der Waals surface area contributed by atoms with E-state index in [9.17, 15) is 14.7 Å². The topological polar surface area (TPSA) is 76.1 Å². The van der Waals surface area contributed by atoms with E-state index >= 15 is 0 Å². The molecule has 0 unspecified atom stereocenters. The smallest absolute Gasteiger partial charge is 0.306 e. The normalized spacial score (nSPS) is 13.7. The van der Waals surface area contributed by atoms with Crippen molar-refractivity contribution in [1.29, 1.82) is 0 Å². The first-order valence-electron chi connectivity index (χ1n) is 23.2. The third kappa shape index (κ3) is 30.2. The van der Waals surface area contributed by atoms with Crippen LogP contribution in [0.4, 0.5) is 0 Å². The van der Waals surface area contributed by atoms with Gasteiger partial charge in [0.25, 0.3) is 0 Å². The minimum absolute atomic E-state index is 0.0280. The summed E-state index contributed by atoms with van der Waals surface area (Å²) in [6, 6.07) is 0. The van der Waals surface area contributed by atoms with Crippen molar-refractivity contribution in [2.24, 2.45) is 5.41 Å². The van der Waals surface area contributed by atoms with Crippen molar-refractivity contribution in [2.75, 3.05) is 32.8 Å². The molecule has 0 spiro atoms. The molecule has 0 amide bonds. The Hall–Kier alpha value is -1.14. The van der Waals surface area contributed by atoms with Crippen LogP contribution < -0.4 is 0 Å². The summed E-state index contributed by atoms with van der Waals surface area (Å²) in [5.41, 5.74) is 0.441. The van der Waals surface area contributed by atoms with Gasteiger partial charge in [-0.15, -0.1) is 0 Å². The molecule has 1 N–H and O–H groups in total. The summed E-state index contributed by atoms with van der Waals surface area (Å²) in [7, 11) is 0. The van der Waals surface area contributed by atoms with Crippen LogP contribution in [0.3, 0.4) is 0 Å². The third-order valence-electron chi connectivity index (χ3n) is 11.6. The molecule has 0 atom stereocenters. The third-order valence-corrected chi connectivity index (χ3v) is 11.6. The molecule has 52 heavy (non-hydrogen) atoms. The number of aliphatic hydroxyl groups is 1. The number of hydrogen-bond donors (Lipinski definition) is 1. The molecule has 1 saturated carbocycles. The van der Waals surface area contributed by atoms with E-state index in [1.54, 1.807) is 0 Å². The maximum absolute atomic E-state index is 12.9. The monoisotopic (exact) mass is 736 g/mol. The first kappa shape index (κ1) is 48.9. The fourth-order valence-electron chi connectivity index (χ4n) is 7.83. The summed E-state index contributed by atoms with van der Waals surface area (Å²) in [6.45, 7) is 10.4. The molecule has 0 radical (unpaired) electrons. The summed E-state index contributed by atoms with van der Waals surface area (Å²) in [4.78, 5) is 27.4. The number of nitrogens with zero attached hydrogens (tertiary/aromatic N) is 1. The van der Waals surface area contributed by atoms with Crippen molar-refractivity contribution in [3.63, 3.8) is 0 Å². The zero-order valence-corrected chi connectivity index (χ0v) is 35.2. The summed E-state index contributed by atoms with van der Waals surface area (Å²) in [5, 5.41) is 9.65. The van der Waals surface area contributed by atoms with Gasteiger partial charge >= 0.3 is 11.9 Å². The van der Waals surface area contributed by atoms with Crippen LogP contribution in [0.25, 0.3) is 0 Å². The Morgan fingerprint density at radius 3 is 1.56 bits per heavy atom. The largest absolute Gasteiger partial charge is 0.466 e. The standard InChI is InChI=1S/C46H89NO5/c1-4-7-10-13-16-22-27-42-51-44(49)32-25-20-17-21-26-38-47(40-41-48)39-29-35-46(36-37-46)34-28-33-45(50)52-43(30-23-18-14-11-8-5-2)31-24-19-15-12-9-6-3/h43,48H,4-42H2,1-3H3. The lowest BCUT2D eigenvalue weighted by Crippen LogP contribution is -2.29. The van der Waals surface area contributed by atoms with E-state index < -0.39 is 0 Å². The van der Waals surface area contributed by atoms with Crippen LogP contribution in [-0.2, 0) is 19.1 Å². The molecule has 0 aromatic carbocycles. The highest BCUT2D eigenvalue weighted by atomic mass is 16.5. The van der Waals surface area contributed by atoms with Gasteiger partial charge in [-0.25, -0.2) is 0 Å². The van der Waals surface area contributed by atoms with Gasteiger partial charge in [0, 0.05) is 19.4 Å². The Kier molecular flexibility index (Phi) is 33.4. The second kappa shape index (κ2) is 35.6. The quantitative estimate of drug-likeness (QED) is 0.0498. The average Bonchev–Trinajstić information content (AvgIpc) is 3.91. The van der Waals surface area contributed by atoms with E-state index in [0.717, 1.165) is 77.4 Å². The lowest BCUT2D eigenvalue weighted by atomic mass is 9.93. The van der Waals surface area contributed by atoms with E-state index in [1.165, 1.54) is 148 Å². The van der Waals surface area contributed by atoms with Gasteiger partial charge in [0.15, 0.2) is 0 Å². The second-order valence-corrected chi connectivity index (χ2v) is 16.6. The van der Waals surface area contributed by atoms with Crippen molar-refractivity contribution in [3.8, 4) is 0 Å². The number of ether oxygens (including phenoxy) is 2. The maximum atomic E-state index is 12.9. The predicted molar refractivity (Wildman–Crippen MR) is 221 cm³/mol. The SMILES string of the molecule is CCCCCCCCCOC(=O)CCCCCCCN(CCO)CCCC1(CCCC(=O)OC(CCCCCCCC)CCCCCCCC)CC1. The first-order chi connectivity index (χ1) is 25.5. The molecule has 308 valence electrons. The highest BCUT2D eigenvalue weighted by molar-refractivity contribution is 5.69. The van der Waals surface area contributed by atoms with Gasteiger partial charge in [-0.1, -0.05) is 143 Å². The lowest BCUT2D eigenvalue weighted by molar-refractivity contribution is -0.150. The van der Waals surface area contributed by atoms with E-state index in [2.05, 4.69) is 25.7 Å². The number of carbonyl (C=O) groups excluding carboxylic acids is 2. The minimum Gasteiger partial charge on any atom is -0.466 e. The number of hydrogen-bond acceptors (Lipinski definition) is 6. The molecule has 1 aliphatic carbocycles. The van der Waals surface area contributed by atoms with Crippen molar-refractivity contribution < 1.29 is 24.2 Å². The number of aliphatic hydroxyl groups excluding tert-OH is 1.